The molecule has 0 aliphatic heterocycles. The first-order valence-corrected chi connectivity index (χ1v) is 6.10. The largest absolute Gasteiger partial charge is 0.377 e. The number of nitriles is 1. The van der Waals surface area contributed by atoms with E-state index in [2.05, 4.69) is 23.5 Å². The van der Waals surface area contributed by atoms with E-state index in [1.54, 1.807) is 0 Å². The lowest BCUT2D eigenvalue weighted by Crippen LogP contribution is -2.16. The fraction of sp³-hybridized carbons (Fsp3) is 0.500. The van der Waals surface area contributed by atoms with Gasteiger partial charge in [0.15, 0.2) is 0 Å². The Hall–Kier alpha value is -1.37. The Balaban J connectivity index is 2.38. The van der Waals surface area contributed by atoms with Crippen molar-refractivity contribution in [2.75, 3.05) is 13.2 Å². The molecule has 0 aliphatic carbocycles. The van der Waals surface area contributed by atoms with Gasteiger partial charge in [-0.3, -0.25) is 0 Å². The molecule has 0 spiro atoms. The van der Waals surface area contributed by atoms with Crippen LogP contribution in [-0.4, -0.2) is 13.2 Å². The van der Waals surface area contributed by atoms with Gasteiger partial charge in [-0.1, -0.05) is 24.3 Å². The lowest BCUT2D eigenvalue weighted by atomic mass is 10.1. The molecule has 1 aromatic rings. The van der Waals surface area contributed by atoms with Crippen LogP contribution in [0.4, 0.5) is 0 Å². The summed E-state index contributed by atoms with van der Waals surface area (Å²) in [5.41, 5.74) is 2.51. The number of nitrogens with zero attached hydrogens (tertiary/aromatic N) is 1. The maximum Gasteiger partial charge on any atom is 0.0719 e. The molecule has 17 heavy (non-hydrogen) atoms. The first-order valence-electron chi connectivity index (χ1n) is 6.10. The number of ether oxygens (including phenoxy) is 1. The third-order valence-electron chi connectivity index (χ3n) is 2.54. The normalized spacial score (nSPS) is 10.1. The average molecular weight is 232 g/mol. The van der Waals surface area contributed by atoms with Crippen LogP contribution >= 0.6 is 0 Å². The molecule has 0 aliphatic rings. The Labute approximate surface area is 103 Å². The average Bonchev–Trinajstić information content (AvgIpc) is 2.37. The van der Waals surface area contributed by atoms with Crippen molar-refractivity contribution in [2.45, 2.75) is 32.9 Å². The maximum absolute atomic E-state index is 8.43. The fourth-order valence-electron chi connectivity index (χ4n) is 1.60. The third kappa shape index (κ3) is 5.48. The van der Waals surface area contributed by atoms with Gasteiger partial charge >= 0.3 is 0 Å². The number of hydrogen-bond acceptors (Lipinski definition) is 3. The molecule has 0 heterocycles. The molecule has 1 aromatic carbocycles. The molecule has 3 nitrogen and oxygen atoms in total. The molecule has 0 radical (unpaired) electrons. The van der Waals surface area contributed by atoms with E-state index in [0.29, 0.717) is 13.0 Å². The minimum absolute atomic E-state index is 0.619. The lowest BCUT2D eigenvalue weighted by Gasteiger charge is -2.10. The van der Waals surface area contributed by atoms with Crippen LogP contribution in [0.15, 0.2) is 24.3 Å². The molecule has 0 amide bonds. The van der Waals surface area contributed by atoms with E-state index < -0.39 is 0 Å². The van der Waals surface area contributed by atoms with Crippen molar-refractivity contribution < 1.29 is 4.74 Å². The van der Waals surface area contributed by atoms with E-state index in [1.165, 1.54) is 11.1 Å². The highest BCUT2D eigenvalue weighted by molar-refractivity contribution is 5.26. The van der Waals surface area contributed by atoms with Gasteiger partial charge in [0.25, 0.3) is 0 Å². The monoisotopic (exact) mass is 232 g/mol. The summed E-state index contributed by atoms with van der Waals surface area (Å²) in [4.78, 5) is 0. The molecule has 0 saturated carbocycles. The molecule has 0 fully saturated rings. The molecule has 0 bridgehead atoms. The van der Waals surface area contributed by atoms with Crippen molar-refractivity contribution in [3.8, 4) is 6.07 Å². The summed E-state index contributed by atoms with van der Waals surface area (Å²) in [6.07, 6.45) is 1.53. The Morgan fingerprint density at radius 2 is 2.06 bits per heavy atom. The quantitative estimate of drug-likeness (QED) is 0.701. The number of hydrogen-bond donors (Lipinski definition) is 1. The van der Waals surface area contributed by atoms with E-state index in [9.17, 15) is 0 Å². The molecular formula is C14H20N2O. The summed E-state index contributed by atoms with van der Waals surface area (Å²) >= 11 is 0. The van der Waals surface area contributed by atoms with Crippen molar-refractivity contribution in [3.63, 3.8) is 0 Å². The fourth-order valence-corrected chi connectivity index (χ4v) is 1.60. The van der Waals surface area contributed by atoms with Crippen LogP contribution in [0.3, 0.4) is 0 Å². The summed E-state index contributed by atoms with van der Waals surface area (Å²) in [7, 11) is 0. The second-order valence-electron chi connectivity index (χ2n) is 3.84. The van der Waals surface area contributed by atoms with Crippen molar-refractivity contribution in [2.24, 2.45) is 0 Å². The van der Waals surface area contributed by atoms with Crippen LogP contribution < -0.4 is 5.32 Å². The molecule has 3 heteroatoms. The number of benzene rings is 1. The highest BCUT2D eigenvalue weighted by atomic mass is 16.5. The number of rotatable bonds is 8. The zero-order valence-corrected chi connectivity index (χ0v) is 10.4. The summed E-state index contributed by atoms with van der Waals surface area (Å²) in [6, 6.07) is 10.4. The van der Waals surface area contributed by atoms with Crippen LogP contribution in [0.5, 0.6) is 0 Å². The minimum atomic E-state index is 0.619. The van der Waals surface area contributed by atoms with Crippen LogP contribution in [0.1, 0.15) is 30.9 Å². The maximum atomic E-state index is 8.43. The minimum Gasteiger partial charge on any atom is -0.377 e. The van der Waals surface area contributed by atoms with Crippen LogP contribution in [0.2, 0.25) is 0 Å². The van der Waals surface area contributed by atoms with E-state index in [4.69, 9.17) is 10.00 Å². The summed E-state index contributed by atoms with van der Waals surface area (Å²) in [5.74, 6) is 0. The first kappa shape index (κ1) is 13.7. The molecule has 0 saturated heterocycles. The van der Waals surface area contributed by atoms with Gasteiger partial charge in [-0.05, 0) is 31.0 Å². The van der Waals surface area contributed by atoms with Gasteiger partial charge in [-0.25, -0.2) is 0 Å². The molecule has 0 unspecified atom stereocenters. The Morgan fingerprint density at radius 1 is 1.29 bits per heavy atom. The van der Waals surface area contributed by atoms with Gasteiger partial charge in [0.1, 0.15) is 0 Å². The second kappa shape index (κ2) is 8.74. The van der Waals surface area contributed by atoms with E-state index in [0.717, 1.165) is 26.1 Å². The Morgan fingerprint density at radius 3 is 2.76 bits per heavy atom. The predicted octanol–water partition coefficient (Wildman–Crippen LogP) is 2.62. The molecular weight excluding hydrogens is 212 g/mol. The molecule has 0 aromatic heterocycles. The van der Waals surface area contributed by atoms with Crippen molar-refractivity contribution in [1.29, 1.82) is 5.26 Å². The Kier molecular flexibility index (Phi) is 7.04. The van der Waals surface area contributed by atoms with E-state index >= 15 is 0 Å². The molecule has 0 atom stereocenters. The van der Waals surface area contributed by atoms with E-state index in [1.807, 2.05) is 19.1 Å². The first-order chi connectivity index (χ1) is 8.38. The Bertz CT molecular complexity index is 357. The topological polar surface area (TPSA) is 45.0 Å². The van der Waals surface area contributed by atoms with E-state index in [-0.39, 0.29) is 0 Å². The molecule has 1 N–H and O–H groups in total. The van der Waals surface area contributed by atoms with Gasteiger partial charge in [0.05, 0.1) is 12.7 Å². The number of unbranched alkanes of at least 4 members (excludes halogenated alkanes) is 1. The second-order valence-corrected chi connectivity index (χ2v) is 3.84. The SMILES string of the molecule is CCOCc1ccccc1CNCCCC#N. The van der Waals surface area contributed by atoms with Gasteiger partial charge < -0.3 is 10.1 Å². The highest BCUT2D eigenvalue weighted by Gasteiger charge is 2.00. The van der Waals surface area contributed by atoms with Crippen molar-refractivity contribution >= 4 is 0 Å². The smallest absolute Gasteiger partial charge is 0.0719 e. The lowest BCUT2D eigenvalue weighted by molar-refractivity contribution is 0.133. The number of nitrogens with one attached hydrogen (secondary N) is 1. The molecule has 1 rings (SSSR count). The summed E-state index contributed by atoms with van der Waals surface area (Å²) in [6.45, 7) is 5.14. The van der Waals surface area contributed by atoms with Gasteiger partial charge in [0.2, 0.25) is 0 Å². The standard InChI is InChI=1S/C14H20N2O/c1-2-17-12-14-8-4-3-7-13(14)11-16-10-6-5-9-15/h3-4,7-8,16H,2,5-6,10-12H2,1H3. The third-order valence-corrected chi connectivity index (χ3v) is 2.54. The van der Waals surface area contributed by atoms with Crippen molar-refractivity contribution in [3.05, 3.63) is 35.4 Å². The zero-order valence-electron chi connectivity index (χ0n) is 10.4. The van der Waals surface area contributed by atoms with Crippen molar-refractivity contribution in [1.82, 2.24) is 5.32 Å². The highest BCUT2D eigenvalue weighted by Crippen LogP contribution is 2.09. The summed E-state index contributed by atoms with van der Waals surface area (Å²) < 4.78 is 5.43. The predicted molar refractivity (Wildman–Crippen MR) is 68.3 cm³/mol. The zero-order chi connectivity index (χ0) is 12.3. The van der Waals surface area contributed by atoms with Crippen LogP contribution in [0.25, 0.3) is 0 Å². The van der Waals surface area contributed by atoms with Crippen LogP contribution in [0, 0.1) is 11.3 Å². The van der Waals surface area contributed by atoms with Crippen LogP contribution in [-0.2, 0) is 17.9 Å². The van der Waals surface area contributed by atoms with Gasteiger partial charge in [0, 0.05) is 19.6 Å². The summed E-state index contributed by atoms with van der Waals surface area (Å²) in [5, 5.41) is 11.8. The molecule has 92 valence electrons. The van der Waals surface area contributed by atoms with Gasteiger partial charge in [-0.2, -0.15) is 5.26 Å². The van der Waals surface area contributed by atoms with Gasteiger partial charge in [-0.15, -0.1) is 0 Å².